The number of ether oxygens (including phenoxy) is 1. The number of hydrogen-bond donors (Lipinski definition) is 1. The van der Waals surface area contributed by atoms with Gasteiger partial charge in [-0.1, -0.05) is 109 Å². The van der Waals surface area contributed by atoms with E-state index in [2.05, 4.69) is 87.2 Å². The summed E-state index contributed by atoms with van der Waals surface area (Å²) in [6, 6.07) is 46.7. The summed E-state index contributed by atoms with van der Waals surface area (Å²) < 4.78 is 6.52. The molecule has 1 fully saturated rings. The molecule has 0 unspecified atom stereocenters. The van der Waals surface area contributed by atoms with Gasteiger partial charge in [-0.05, 0) is 77.2 Å². The fourth-order valence-corrected chi connectivity index (χ4v) is 8.76. The van der Waals surface area contributed by atoms with Crippen LogP contribution < -0.4 is 15.0 Å². The number of anilines is 2. The van der Waals surface area contributed by atoms with Gasteiger partial charge in [-0.2, -0.15) is 0 Å². The average molecular weight is 747 g/mol. The molecule has 2 aliphatic heterocycles. The highest BCUT2D eigenvalue weighted by atomic mass is 32.1. The molecule has 2 amide bonds. The van der Waals surface area contributed by atoms with E-state index in [0.717, 1.165) is 68.8 Å². The van der Waals surface area contributed by atoms with Crippen LogP contribution in [0, 0.1) is 0 Å². The molecule has 5 aromatic carbocycles. The lowest BCUT2D eigenvalue weighted by Gasteiger charge is -2.39. The van der Waals surface area contributed by atoms with E-state index in [1.807, 2.05) is 65.6 Å². The van der Waals surface area contributed by atoms with Crippen LogP contribution in [0.5, 0.6) is 5.75 Å². The van der Waals surface area contributed by atoms with Gasteiger partial charge >= 0.3 is 0 Å². The molecule has 278 valence electrons. The first kappa shape index (κ1) is 36.4. The smallest absolute Gasteiger partial charge is 0.258 e. The van der Waals surface area contributed by atoms with Gasteiger partial charge in [0.15, 0.2) is 0 Å². The molecule has 55 heavy (non-hydrogen) atoms. The fourth-order valence-electron chi connectivity index (χ4n) is 7.84. The number of carbonyl (C=O) groups excluding carboxylic acids is 2. The van der Waals surface area contributed by atoms with Gasteiger partial charge in [0.25, 0.3) is 11.8 Å². The molecule has 7 nitrogen and oxygen atoms in total. The second-order valence-corrected chi connectivity index (χ2v) is 15.2. The van der Waals surface area contributed by atoms with Gasteiger partial charge in [-0.25, -0.2) is 0 Å². The van der Waals surface area contributed by atoms with Crippen LogP contribution in [-0.2, 0) is 6.42 Å². The van der Waals surface area contributed by atoms with Gasteiger partial charge in [0.1, 0.15) is 12.4 Å². The van der Waals surface area contributed by atoms with Crippen LogP contribution in [0.15, 0.2) is 145 Å². The summed E-state index contributed by atoms with van der Waals surface area (Å²) in [6.07, 6.45) is 3.01. The minimum absolute atomic E-state index is 0.0544. The molecule has 0 atom stereocenters. The number of nitrogens with zero attached hydrogens (tertiary/aromatic N) is 3. The normalized spacial score (nSPS) is 15.0. The maximum absolute atomic E-state index is 14.1. The van der Waals surface area contributed by atoms with E-state index in [0.29, 0.717) is 35.7 Å². The molecular weight excluding hydrogens is 701 g/mol. The summed E-state index contributed by atoms with van der Waals surface area (Å²) in [6.45, 7) is 5.50. The lowest BCUT2D eigenvalue weighted by atomic mass is 9.96. The van der Waals surface area contributed by atoms with Crippen molar-refractivity contribution in [1.82, 2.24) is 9.80 Å². The Labute approximate surface area is 327 Å². The van der Waals surface area contributed by atoms with Gasteiger partial charge in [-0.15, -0.1) is 11.3 Å². The molecule has 0 aliphatic carbocycles. The Kier molecular flexibility index (Phi) is 11.5. The summed E-state index contributed by atoms with van der Waals surface area (Å²) in [7, 11) is 0. The number of thiophene rings is 1. The highest BCUT2D eigenvalue weighted by molar-refractivity contribution is 7.10. The third-order valence-electron chi connectivity index (χ3n) is 10.7. The third-order valence-corrected chi connectivity index (χ3v) is 11.7. The van der Waals surface area contributed by atoms with Crippen LogP contribution in [0.4, 0.5) is 11.4 Å². The number of carbonyl (C=O) groups is 2. The number of piperazine rings is 1. The molecule has 1 aromatic heterocycles. The van der Waals surface area contributed by atoms with Crippen LogP contribution in [0.2, 0.25) is 0 Å². The van der Waals surface area contributed by atoms with Crippen molar-refractivity contribution in [2.75, 3.05) is 56.1 Å². The average Bonchev–Trinajstić information content (AvgIpc) is 3.61. The van der Waals surface area contributed by atoms with Crippen LogP contribution in [0.3, 0.4) is 0 Å². The lowest BCUT2D eigenvalue weighted by Crippen LogP contribution is -2.48. The Morgan fingerprint density at radius 1 is 0.709 bits per heavy atom. The first-order valence-corrected chi connectivity index (χ1v) is 20.2. The van der Waals surface area contributed by atoms with Crippen molar-refractivity contribution < 1.29 is 14.3 Å². The topological polar surface area (TPSA) is 65.1 Å². The monoisotopic (exact) mass is 746 g/mol. The molecule has 2 aliphatic rings. The molecule has 1 saturated heterocycles. The predicted molar refractivity (Wildman–Crippen MR) is 223 cm³/mol. The van der Waals surface area contributed by atoms with Gasteiger partial charge < -0.3 is 15.0 Å². The third kappa shape index (κ3) is 8.42. The quantitative estimate of drug-likeness (QED) is 0.143. The summed E-state index contributed by atoms with van der Waals surface area (Å²) in [5.74, 6) is 0.200. The number of nitrogens with one attached hydrogen (secondary N) is 1. The van der Waals surface area contributed by atoms with E-state index in [9.17, 15) is 9.59 Å². The molecule has 6 aromatic rings. The van der Waals surface area contributed by atoms with Crippen LogP contribution in [0.1, 0.15) is 55.6 Å². The lowest BCUT2D eigenvalue weighted by molar-refractivity contribution is 0.0972. The minimum atomic E-state index is -0.235. The molecule has 0 spiro atoms. The number of fused-ring (bicyclic) bond motifs is 1. The van der Waals surface area contributed by atoms with Crippen molar-refractivity contribution in [1.29, 1.82) is 0 Å². The summed E-state index contributed by atoms with van der Waals surface area (Å²) in [4.78, 5) is 36.2. The molecule has 0 radical (unpaired) electrons. The first-order chi connectivity index (χ1) is 27.1. The van der Waals surface area contributed by atoms with Crippen LogP contribution in [-0.4, -0.2) is 67.5 Å². The number of amides is 2. The SMILES string of the molecule is O=C(Nc1ccc(C(=O)N2CCCCc3sccc32)cc1OCCN1CCN(C(c2ccccc2)c2ccccc2)CC1)c1ccccc1-c1ccccc1. The van der Waals surface area contributed by atoms with Gasteiger partial charge in [-0.3, -0.25) is 19.4 Å². The van der Waals surface area contributed by atoms with Crippen molar-refractivity contribution in [3.05, 3.63) is 172 Å². The zero-order chi connectivity index (χ0) is 37.4. The zero-order valence-electron chi connectivity index (χ0n) is 31.0. The summed E-state index contributed by atoms with van der Waals surface area (Å²) >= 11 is 1.71. The second kappa shape index (κ2) is 17.3. The van der Waals surface area contributed by atoms with Crippen LogP contribution >= 0.6 is 11.3 Å². The largest absolute Gasteiger partial charge is 0.490 e. The maximum atomic E-state index is 14.1. The van der Waals surface area contributed by atoms with E-state index < -0.39 is 0 Å². The molecule has 0 bridgehead atoms. The minimum Gasteiger partial charge on any atom is -0.490 e. The van der Waals surface area contributed by atoms with E-state index in [1.165, 1.54) is 16.0 Å². The van der Waals surface area contributed by atoms with Crippen molar-refractivity contribution in [2.45, 2.75) is 25.3 Å². The Morgan fingerprint density at radius 2 is 1.38 bits per heavy atom. The molecule has 0 saturated carbocycles. The molecule has 8 heteroatoms. The number of rotatable bonds is 11. The Balaban J connectivity index is 0.993. The van der Waals surface area contributed by atoms with Crippen molar-refractivity contribution in [2.24, 2.45) is 0 Å². The zero-order valence-corrected chi connectivity index (χ0v) is 31.8. The number of benzene rings is 5. The highest BCUT2D eigenvalue weighted by Gasteiger charge is 2.27. The van der Waals surface area contributed by atoms with E-state index in [-0.39, 0.29) is 17.9 Å². The van der Waals surface area contributed by atoms with Gasteiger partial charge in [0.2, 0.25) is 0 Å². The highest BCUT2D eigenvalue weighted by Crippen LogP contribution is 2.35. The maximum Gasteiger partial charge on any atom is 0.258 e. The molecule has 1 N–H and O–H groups in total. The van der Waals surface area contributed by atoms with E-state index in [4.69, 9.17) is 4.74 Å². The number of hydrogen-bond acceptors (Lipinski definition) is 6. The second-order valence-electron chi connectivity index (χ2n) is 14.2. The van der Waals surface area contributed by atoms with Crippen molar-refractivity contribution >= 4 is 34.5 Å². The molecule has 3 heterocycles. The van der Waals surface area contributed by atoms with Crippen molar-refractivity contribution in [3.63, 3.8) is 0 Å². The van der Waals surface area contributed by atoms with E-state index >= 15 is 0 Å². The Hall–Kier alpha value is -5.54. The first-order valence-electron chi connectivity index (χ1n) is 19.3. The fraction of sp³-hybridized carbons (Fsp3) is 0.234. The molecular formula is C47H46N4O3S. The van der Waals surface area contributed by atoms with E-state index in [1.54, 1.807) is 23.5 Å². The van der Waals surface area contributed by atoms with Gasteiger partial charge in [0, 0.05) is 55.3 Å². The van der Waals surface area contributed by atoms with Gasteiger partial charge in [0.05, 0.1) is 17.4 Å². The Bertz CT molecular complexity index is 2160. The standard InChI is InChI=1S/C47H46N4O3S/c52-46(40-21-11-10-20-39(40)35-14-4-1-5-15-35)48-41-24-23-38(47(53)51-26-13-12-22-44-42(51)25-33-55-44)34-43(41)54-32-31-49-27-29-50(30-28-49)45(36-16-6-2-7-17-36)37-18-8-3-9-19-37/h1-11,14-21,23-25,33-34,45H,12-13,22,26-32H2,(H,48,52). The van der Waals surface area contributed by atoms with Crippen molar-refractivity contribution in [3.8, 4) is 16.9 Å². The van der Waals surface area contributed by atoms with Crippen LogP contribution in [0.25, 0.3) is 11.1 Å². The summed E-state index contributed by atoms with van der Waals surface area (Å²) in [5, 5.41) is 5.20. The Morgan fingerprint density at radius 3 is 2.11 bits per heavy atom. The summed E-state index contributed by atoms with van der Waals surface area (Å²) in [5.41, 5.74) is 7.07. The number of aryl methyl sites for hydroxylation is 1. The molecule has 8 rings (SSSR count). The predicted octanol–water partition coefficient (Wildman–Crippen LogP) is 9.44.